The van der Waals surface area contributed by atoms with Crippen LogP contribution in [0.4, 0.5) is 0 Å². The van der Waals surface area contributed by atoms with Crippen LogP contribution in [0.3, 0.4) is 0 Å². The van der Waals surface area contributed by atoms with E-state index >= 15 is 0 Å². The maximum absolute atomic E-state index is 11.6. The second-order valence-electron chi connectivity index (χ2n) is 3.88. The van der Waals surface area contributed by atoms with Crippen LogP contribution in [0.2, 0.25) is 0 Å². The summed E-state index contributed by atoms with van der Waals surface area (Å²) in [6.07, 6.45) is 0.479. The van der Waals surface area contributed by atoms with Gasteiger partial charge in [-0.2, -0.15) is 0 Å². The van der Waals surface area contributed by atoms with Gasteiger partial charge in [-0.25, -0.2) is 0 Å². The second kappa shape index (κ2) is 5.12. The van der Waals surface area contributed by atoms with Crippen LogP contribution in [0.15, 0.2) is 17.5 Å². The smallest absolute Gasteiger partial charge is 0.311 e. The Morgan fingerprint density at radius 1 is 1.56 bits per heavy atom. The monoisotopic (exact) mass is 241 g/mol. The number of hydrogen-bond acceptors (Lipinski definition) is 3. The zero-order valence-electron chi connectivity index (χ0n) is 9.32. The first kappa shape index (κ1) is 12.7. The molecular weight excluding hydrogens is 226 g/mol. The summed E-state index contributed by atoms with van der Waals surface area (Å²) < 4.78 is 0. The van der Waals surface area contributed by atoms with E-state index in [0.29, 0.717) is 11.3 Å². The lowest BCUT2D eigenvalue weighted by molar-refractivity contribution is -0.147. The molecule has 1 atom stereocenters. The molecule has 0 bridgehead atoms. The fourth-order valence-corrected chi connectivity index (χ4v) is 1.76. The Balaban J connectivity index is 2.57. The Morgan fingerprint density at radius 2 is 2.25 bits per heavy atom. The third-order valence-electron chi connectivity index (χ3n) is 2.68. The summed E-state index contributed by atoms with van der Waals surface area (Å²) in [5, 5.41) is 13.5. The van der Waals surface area contributed by atoms with Crippen LogP contribution >= 0.6 is 11.3 Å². The van der Waals surface area contributed by atoms with Crippen LogP contribution in [0.5, 0.6) is 0 Å². The van der Waals surface area contributed by atoms with Gasteiger partial charge in [0.1, 0.15) is 0 Å². The molecule has 0 aliphatic rings. The molecule has 1 amide bonds. The Bertz CT molecular complexity index is 375. The van der Waals surface area contributed by atoms with Crippen molar-refractivity contribution in [2.24, 2.45) is 5.41 Å². The first-order chi connectivity index (χ1) is 7.49. The predicted molar refractivity (Wildman–Crippen MR) is 62.7 cm³/mol. The SMILES string of the molecule is CCC(C)(CNC(=O)c1cccs1)C(=O)O. The fraction of sp³-hybridized carbons (Fsp3) is 0.455. The highest BCUT2D eigenvalue weighted by Gasteiger charge is 2.31. The normalized spacial score (nSPS) is 14.1. The lowest BCUT2D eigenvalue weighted by Gasteiger charge is -2.22. The molecule has 2 N–H and O–H groups in total. The number of hydrogen-bond donors (Lipinski definition) is 2. The van der Waals surface area contributed by atoms with Gasteiger partial charge in [0.25, 0.3) is 5.91 Å². The van der Waals surface area contributed by atoms with Crippen LogP contribution < -0.4 is 5.32 Å². The molecule has 0 saturated heterocycles. The number of carboxylic acid groups (broad SMARTS) is 1. The lowest BCUT2D eigenvalue weighted by atomic mass is 9.88. The maximum Gasteiger partial charge on any atom is 0.311 e. The molecule has 1 heterocycles. The highest BCUT2D eigenvalue weighted by molar-refractivity contribution is 7.12. The first-order valence-corrected chi connectivity index (χ1v) is 5.92. The van der Waals surface area contributed by atoms with E-state index in [9.17, 15) is 9.59 Å². The standard InChI is InChI=1S/C11H15NO3S/c1-3-11(2,10(14)15)7-12-9(13)8-5-4-6-16-8/h4-6H,3,7H2,1-2H3,(H,12,13)(H,14,15). The summed E-state index contributed by atoms with van der Waals surface area (Å²) >= 11 is 1.34. The molecule has 0 saturated carbocycles. The minimum atomic E-state index is -0.896. The Morgan fingerprint density at radius 3 is 2.69 bits per heavy atom. The molecule has 0 aliphatic carbocycles. The molecule has 1 aromatic rings. The van der Waals surface area contributed by atoms with Crippen molar-refractivity contribution in [1.82, 2.24) is 5.32 Å². The maximum atomic E-state index is 11.6. The quantitative estimate of drug-likeness (QED) is 0.828. The number of carbonyl (C=O) groups is 2. The second-order valence-corrected chi connectivity index (χ2v) is 4.83. The molecule has 0 aromatic carbocycles. The van der Waals surface area contributed by atoms with Crippen LogP contribution in [0.1, 0.15) is 29.9 Å². The summed E-state index contributed by atoms with van der Waals surface area (Å²) in [5.74, 6) is -1.10. The van der Waals surface area contributed by atoms with E-state index in [1.54, 1.807) is 26.0 Å². The molecular formula is C11H15NO3S. The van der Waals surface area contributed by atoms with E-state index in [2.05, 4.69) is 5.32 Å². The molecule has 4 nitrogen and oxygen atoms in total. The number of carbonyl (C=O) groups excluding carboxylic acids is 1. The van der Waals surface area contributed by atoms with Crippen LogP contribution in [0.25, 0.3) is 0 Å². The van der Waals surface area contributed by atoms with Gasteiger partial charge in [0, 0.05) is 6.54 Å². The highest BCUT2D eigenvalue weighted by atomic mass is 32.1. The average Bonchev–Trinajstić information content (AvgIpc) is 2.78. The summed E-state index contributed by atoms with van der Waals surface area (Å²) in [6.45, 7) is 3.57. The molecule has 0 spiro atoms. The van der Waals surface area contributed by atoms with Crippen LogP contribution in [-0.4, -0.2) is 23.5 Å². The van der Waals surface area contributed by atoms with Crippen molar-refractivity contribution in [2.75, 3.05) is 6.54 Å². The Labute approximate surface area is 98.3 Å². The van der Waals surface area contributed by atoms with Crippen molar-refractivity contribution in [1.29, 1.82) is 0 Å². The van der Waals surface area contributed by atoms with Crippen molar-refractivity contribution in [2.45, 2.75) is 20.3 Å². The minimum absolute atomic E-state index is 0.148. The number of nitrogens with one attached hydrogen (secondary N) is 1. The summed E-state index contributed by atoms with van der Waals surface area (Å²) in [4.78, 5) is 23.2. The Hall–Kier alpha value is -1.36. The molecule has 0 radical (unpaired) electrons. The van der Waals surface area contributed by atoms with Gasteiger partial charge in [0.05, 0.1) is 10.3 Å². The van der Waals surface area contributed by atoms with Crippen molar-refractivity contribution in [3.05, 3.63) is 22.4 Å². The zero-order chi connectivity index (χ0) is 12.2. The van der Waals surface area contributed by atoms with E-state index < -0.39 is 11.4 Å². The van der Waals surface area contributed by atoms with E-state index in [4.69, 9.17) is 5.11 Å². The lowest BCUT2D eigenvalue weighted by Crippen LogP contribution is -2.40. The largest absolute Gasteiger partial charge is 0.481 e. The fourth-order valence-electron chi connectivity index (χ4n) is 1.12. The molecule has 0 aliphatic heterocycles. The summed E-state index contributed by atoms with van der Waals surface area (Å²) in [7, 11) is 0. The minimum Gasteiger partial charge on any atom is -0.481 e. The van der Waals surface area contributed by atoms with Crippen molar-refractivity contribution < 1.29 is 14.7 Å². The average molecular weight is 241 g/mol. The molecule has 5 heteroatoms. The number of rotatable bonds is 5. The number of carboxylic acids is 1. The third-order valence-corrected chi connectivity index (χ3v) is 3.55. The third kappa shape index (κ3) is 2.82. The number of amides is 1. The first-order valence-electron chi connectivity index (χ1n) is 5.04. The topological polar surface area (TPSA) is 66.4 Å². The van der Waals surface area contributed by atoms with E-state index in [1.165, 1.54) is 11.3 Å². The van der Waals surface area contributed by atoms with Gasteiger partial charge in [-0.3, -0.25) is 9.59 Å². The van der Waals surface area contributed by atoms with Crippen molar-refractivity contribution in [3.63, 3.8) is 0 Å². The van der Waals surface area contributed by atoms with Crippen LogP contribution in [-0.2, 0) is 4.79 Å². The highest BCUT2D eigenvalue weighted by Crippen LogP contribution is 2.20. The van der Waals surface area contributed by atoms with Gasteiger partial charge >= 0.3 is 5.97 Å². The van der Waals surface area contributed by atoms with Crippen LogP contribution in [0, 0.1) is 5.41 Å². The van der Waals surface area contributed by atoms with Gasteiger partial charge in [0.15, 0.2) is 0 Å². The molecule has 0 fully saturated rings. The van der Waals surface area contributed by atoms with Crippen molar-refractivity contribution >= 4 is 23.2 Å². The molecule has 16 heavy (non-hydrogen) atoms. The number of thiophene rings is 1. The summed E-state index contributed by atoms with van der Waals surface area (Å²) in [6, 6.07) is 3.50. The zero-order valence-corrected chi connectivity index (χ0v) is 10.1. The van der Waals surface area contributed by atoms with Gasteiger partial charge in [-0.05, 0) is 24.8 Å². The van der Waals surface area contributed by atoms with Gasteiger partial charge in [-0.15, -0.1) is 11.3 Å². The van der Waals surface area contributed by atoms with Gasteiger partial charge < -0.3 is 10.4 Å². The van der Waals surface area contributed by atoms with Gasteiger partial charge in [-0.1, -0.05) is 13.0 Å². The van der Waals surface area contributed by atoms with E-state index in [0.717, 1.165) is 0 Å². The molecule has 1 rings (SSSR count). The molecule has 88 valence electrons. The molecule has 1 aromatic heterocycles. The van der Waals surface area contributed by atoms with E-state index in [-0.39, 0.29) is 12.5 Å². The van der Waals surface area contributed by atoms with Crippen molar-refractivity contribution in [3.8, 4) is 0 Å². The predicted octanol–water partition coefficient (Wildman–Crippen LogP) is 1.98. The van der Waals surface area contributed by atoms with Gasteiger partial charge in [0.2, 0.25) is 0 Å². The van der Waals surface area contributed by atoms with E-state index in [1.807, 2.05) is 5.38 Å². The Kier molecular flexibility index (Phi) is 4.06. The molecule has 1 unspecified atom stereocenters. The summed E-state index contributed by atoms with van der Waals surface area (Å²) in [5.41, 5.74) is -0.896. The number of aliphatic carboxylic acids is 1.